The maximum atomic E-state index is 13.5. The lowest BCUT2D eigenvalue weighted by molar-refractivity contribution is -0.124. The molecule has 1 atom stereocenters. The lowest BCUT2D eigenvalue weighted by atomic mass is 10.1. The minimum Gasteiger partial charge on any atom is -0.497 e. The van der Waals surface area contributed by atoms with Gasteiger partial charge in [0.1, 0.15) is 11.8 Å². The first kappa shape index (κ1) is 24.9. The van der Waals surface area contributed by atoms with E-state index in [0.29, 0.717) is 22.7 Å². The molecule has 9 heteroatoms. The Labute approximate surface area is 214 Å². The fourth-order valence-electron chi connectivity index (χ4n) is 3.96. The molecule has 4 rings (SSSR count). The van der Waals surface area contributed by atoms with Crippen LogP contribution in [0.25, 0.3) is 0 Å². The highest BCUT2D eigenvalue weighted by atomic mass is 32.1. The molecule has 1 heterocycles. The summed E-state index contributed by atoms with van der Waals surface area (Å²) in [5.74, 6) is -0.620. The van der Waals surface area contributed by atoms with Gasteiger partial charge >= 0.3 is 0 Å². The van der Waals surface area contributed by atoms with Gasteiger partial charge in [0.15, 0.2) is 0 Å². The second kappa shape index (κ2) is 10.6. The van der Waals surface area contributed by atoms with E-state index in [1.165, 1.54) is 9.91 Å². The van der Waals surface area contributed by atoms with Crippen LogP contribution < -0.4 is 20.4 Å². The standard InChI is InChI=1S/C27H26N4O4S/c1-17-9-14-22(18(2)15-17)28-24(32)16-23-26(34)30(20-10-12-21(35-3)13-11-20)27(36)31(23)29-25(33)19-7-5-4-6-8-19/h4-15,23H,16H2,1-3H3,(H,28,32)(H,29,33). The van der Waals surface area contributed by atoms with Crippen LogP contribution in [0.15, 0.2) is 72.8 Å². The maximum absolute atomic E-state index is 13.5. The van der Waals surface area contributed by atoms with Gasteiger partial charge in [0.05, 0.1) is 19.2 Å². The van der Waals surface area contributed by atoms with Crippen molar-refractivity contribution in [3.63, 3.8) is 0 Å². The van der Waals surface area contributed by atoms with Crippen LogP contribution in [0.3, 0.4) is 0 Å². The van der Waals surface area contributed by atoms with E-state index in [1.807, 2.05) is 32.0 Å². The number of carbonyl (C=O) groups excluding carboxylic acids is 3. The van der Waals surface area contributed by atoms with E-state index in [1.54, 1.807) is 61.7 Å². The van der Waals surface area contributed by atoms with Gasteiger partial charge in [-0.3, -0.25) is 24.7 Å². The lowest BCUT2D eigenvalue weighted by Crippen LogP contribution is -2.49. The number of hydrogen-bond acceptors (Lipinski definition) is 5. The minimum absolute atomic E-state index is 0.0683. The van der Waals surface area contributed by atoms with E-state index < -0.39 is 17.9 Å². The average Bonchev–Trinajstić information content (AvgIpc) is 3.10. The normalized spacial score (nSPS) is 15.1. The van der Waals surface area contributed by atoms with Gasteiger partial charge < -0.3 is 10.1 Å². The SMILES string of the molecule is COc1ccc(N2C(=O)C(CC(=O)Nc3ccc(C)cc3C)N(NC(=O)c3ccccc3)C2=S)cc1. The number of anilines is 2. The van der Waals surface area contributed by atoms with Crippen molar-refractivity contribution in [3.05, 3.63) is 89.5 Å². The first-order valence-electron chi connectivity index (χ1n) is 11.3. The Balaban J connectivity index is 1.60. The monoisotopic (exact) mass is 502 g/mol. The summed E-state index contributed by atoms with van der Waals surface area (Å²) in [5, 5.41) is 4.22. The Kier molecular flexibility index (Phi) is 7.30. The van der Waals surface area contributed by atoms with Gasteiger partial charge in [0, 0.05) is 11.3 Å². The highest BCUT2D eigenvalue weighted by Crippen LogP contribution is 2.28. The molecule has 0 saturated carbocycles. The average molecular weight is 503 g/mol. The summed E-state index contributed by atoms with van der Waals surface area (Å²) in [6.07, 6.45) is -0.214. The molecular weight excluding hydrogens is 476 g/mol. The number of nitrogens with one attached hydrogen (secondary N) is 2. The van der Waals surface area contributed by atoms with Crippen LogP contribution in [0.4, 0.5) is 11.4 Å². The number of thiocarbonyl (C=S) groups is 1. The summed E-state index contributed by atoms with van der Waals surface area (Å²) in [6, 6.07) is 20.0. The fourth-order valence-corrected chi connectivity index (χ4v) is 4.33. The van der Waals surface area contributed by atoms with Crippen molar-refractivity contribution in [2.45, 2.75) is 26.3 Å². The molecule has 1 aliphatic rings. The third kappa shape index (κ3) is 5.21. The zero-order chi connectivity index (χ0) is 25.8. The van der Waals surface area contributed by atoms with E-state index in [9.17, 15) is 14.4 Å². The van der Waals surface area contributed by atoms with Crippen LogP contribution in [-0.4, -0.2) is 41.0 Å². The van der Waals surface area contributed by atoms with E-state index >= 15 is 0 Å². The highest BCUT2D eigenvalue weighted by molar-refractivity contribution is 7.80. The van der Waals surface area contributed by atoms with E-state index in [2.05, 4.69) is 10.7 Å². The van der Waals surface area contributed by atoms with Crippen LogP contribution in [0.2, 0.25) is 0 Å². The Morgan fingerprint density at radius 1 is 1.00 bits per heavy atom. The molecule has 3 aromatic carbocycles. The number of aryl methyl sites for hydroxylation is 2. The number of methoxy groups -OCH3 is 1. The smallest absolute Gasteiger partial charge is 0.269 e. The molecule has 3 aromatic rings. The quantitative estimate of drug-likeness (QED) is 0.475. The van der Waals surface area contributed by atoms with Crippen molar-refractivity contribution in [2.24, 2.45) is 0 Å². The summed E-state index contributed by atoms with van der Waals surface area (Å²) in [6.45, 7) is 3.87. The van der Waals surface area contributed by atoms with Gasteiger partial charge in [-0.1, -0.05) is 35.9 Å². The second-order valence-electron chi connectivity index (χ2n) is 8.42. The Morgan fingerprint density at radius 3 is 2.33 bits per heavy atom. The third-order valence-electron chi connectivity index (χ3n) is 5.84. The largest absolute Gasteiger partial charge is 0.497 e. The zero-order valence-electron chi connectivity index (χ0n) is 20.1. The second-order valence-corrected chi connectivity index (χ2v) is 8.78. The summed E-state index contributed by atoms with van der Waals surface area (Å²) in [5.41, 5.74) is 6.26. The Hall–Kier alpha value is -4.24. The minimum atomic E-state index is -1.03. The van der Waals surface area contributed by atoms with Crippen LogP contribution in [-0.2, 0) is 9.59 Å². The van der Waals surface area contributed by atoms with Crippen molar-refractivity contribution in [3.8, 4) is 5.75 Å². The molecule has 8 nitrogen and oxygen atoms in total. The molecule has 0 aliphatic carbocycles. The van der Waals surface area contributed by atoms with Crippen molar-refractivity contribution < 1.29 is 19.1 Å². The summed E-state index contributed by atoms with van der Waals surface area (Å²) in [7, 11) is 1.55. The molecule has 0 radical (unpaired) electrons. The van der Waals surface area contributed by atoms with Gasteiger partial charge in [-0.05, 0) is 74.1 Å². The molecule has 3 amide bonds. The van der Waals surface area contributed by atoms with Crippen molar-refractivity contribution in [2.75, 3.05) is 17.3 Å². The molecule has 184 valence electrons. The summed E-state index contributed by atoms with van der Waals surface area (Å²) < 4.78 is 5.20. The van der Waals surface area contributed by atoms with E-state index in [-0.39, 0.29) is 17.4 Å². The predicted octanol–water partition coefficient (Wildman–Crippen LogP) is 3.99. The molecule has 1 unspecified atom stereocenters. The molecule has 2 N–H and O–H groups in total. The summed E-state index contributed by atoms with van der Waals surface area (Å²) >= 11 is 5.60. The number of hydrazine groups is 1. The number of hydrogen-bond donors (Lipinski definition) is 2. The Bertz CT molecular complexity index is 1310. The van der Waals surface area contributed by atoms with Crippen molar-refractivity contribution in [1.29, 1.82) is 0 Å². The molecule has 1 fully saturated rings. The van der Waals surface area contributed by atoms with E-state index in [0.717, 1.165) is 11.1 Å². The molecule has 0 bridgehead atoms. The number of nitrogens with zero attached hydrogens (tertiary/aromatic N) is 2. The predicted molar refractivity (Wildman–Crippen MR) is 142 cm³/mol. The molecule has 36 heavy (non-hydrogen) atoms. The van der Waals surface area contributed by atoms with E-state index in [4.69, 9.17) is 17.0 Å². The van der Waals surface area contributed by atoms with Gasteiger partial charge in [-0.15, -0.1) is 0 Å². The van der Waals surface area contributed by atoms with Crippen molar-refractivity contribution >= 4 is 46.4 Å². The molecule has 0 aromatic heterocycles. The van der Waals surface area contributed by atoms with Gasteiger partial charge in [-0.25, -0.2) is 5.01 Å². The number of benzene rings is 3. The van der Waals surface area contributed by atoms with Crippen molar-refractivity contribution in [1.82, 2.24) is 10.4 Å². The summed E-state index contributed by atoms with van der Waals surface area (Å²) in [4.78, 5) is 40.8. The Morgan fingerprint density at radius 2 is 1.69 bits per heavy atom. The lowest BCUT2D eigenvalue weighted by Gasteiger charge is -2.24. The molecule has 1 aliphatic heterocycles. The van der Waals surface area contributed by atoms with Gasteiger partial charge in [0.2, 0.25) is 11.0 Å². The molecule has 0 spiro atoms. The van der Waals surface area contributed by atoms with Crippen LogP contribution >= 0.6 is 12.2 Å². The van der Waals surface area contributed by atoms with Gasteiger partial charge in [-0.2, -0.15) is 0 Å². The topological polar surface area (TPSA) is 91.0 Å². The first-order chi connectivity index (χ1) is 17.3. The third-order valence-corrected chi connectivity index (χ3v) is 6.22. The van der Waals surface area contributed by atoms with Crippen LogP contribution in [0.1, 0.15) is 27.9 Å². The van der Waals surface area contributed by atoms with Crippen LogP contribution in [0, 0.1) is 13.8 Å². The molecule has 1 saturated heterocycles. The van der Waals surface area contributed by atoms with Gasteiger partial charge in [0.25, 0.3) is 11.8 Å². The fraction of sp³-hybridized carbons (Fsp3) is 0.185. The first-order valence-corrected chi connectivity index (χ1v) is 11.7. The number of rotatable bonds is 7. The zero-order valence-corrected chi connectivity index (χ0v) is 21.0. The number of amides is 3. The highest BCUT2D eigenvalue weighted by Gasteiger charge is 2.45. The molecular formula is C27H26N4O4S. The van der Waals surface area contributed by atoms with Crippen LogP contribution in [0.5, 0.6) is 5.75 Å². The number of ether oxygens (including phenoxy) is 1. The maximum Gasteiger partial charge on any atom is 0.269 e. The number of carbonyl (C=O) groups is 3.